The molecule has 0 bridgehead atoms. The number of aliphatic hydroxyl groups excluding tert-OH is 1. The summed E-state index contributed by atoms with van der Waals surface area (Å²) < 4.78 is 0. The van der Waals surface area contributed by atoms with Crippen molar-refractivity contribution < 1.29 is 15.0 Å². The normalized spacial score (nSPS) is 18.4. The Hall–Kier alpha value is -0.910. The van der Waals surface area contributed by atoms with Crippen LogP contribution < -0.4 is 5.32 Å². The molecule has 4 nitrogen and oxygen atoms in total. The third-order valence-electron chi connectivity index (χ3n) is 4.00. The summed E-state index contributed by atoms with van der Waals surface area (Å²) in [5.41, 5.74) is 0.858. The van der Waals surface area contributed by atoms with Gasteiger partial charge in [-0.1, -0.05) is 19.3 Å². The van der Waals surface area contributed by atoms with Gasteiger partial charge in [0.05, 0.1) is 6.61 Å². The van der Waals surface area contributed by atoms with Crippen molar-refractivity contribution in [1.29, 1.82) is 0 Å². The molecule has 3 N–H and O–H groups in total. The Morgan fingerprint density at radius 1 is 1.42 bits per heavy atom. The Kier molecular flexibility index (Phi) is 4.60. The number of carboxylic acids is 1. The highest BCUT2D eigenvalue weighted by Crippen LogP contribution is 2.29. The van der Waals surface area contributed by atoms with E-state index in [9.17, 15) is 9.90 Å². The van der Waals surface area contributed by atoms with Gasteiger partial charge in [0.25, 0.3) is 0 Å². The molecule has 1 heterocycles. The molecule has 0 unspecified atom stereocenters. The summed E-state index contributed by atoms with van der Waals surface area (Å²) in [6, 6.07) is 1.74. The van der Waals surface area contributed by atoms with E-state index in [4.69, 9.17) is 5.11 Å². The van der Waals surface area contributed by atoms with Gasteiger partial charge in [-0.2, -0.15) is 0 Å². The highest BCUT2D eigenvalue weighted by Gasteiger charge is 2.30. The van der Waals surface area contributed by atoms with Gasteiger partial charge in [0.2, 0.25) is 0 Å². The zero-order chi connectivity index (χ0) is 13.9. The fourth-order valence-corrected chi connectivity index (χ4v) is 3.58. The molecule has 0 radical (unpaired) electrons. The van der Waals surface area contributed by atoms with Crippen LogP contribution in [0.1, 0.15) is 52.2 Å². The Balaban J connectivity index is 2.02. The maximum Gasteiger partial charge on any atom is 0.345 e. The number of hydrogen-bond acceptors (Lipinski definition) is 4. The third kappa shape index (κ3) is 3.35. The molecule has 1 saturated carbocycles. The van der Waals surface area contributed by atoms with Crippen molar-refractivity contribution in [3.63, 3.8) is 0 Å². The van der Waals surface area contributed by atoms with Crippen LogP contribution >= 0.6 is 11.3 Å². The zero-order valence-electron chi connectivity index (χ0n) is 11.2. The molecular formula is C14H21NO3S. The summed E-state index contributed by atoms with van der Waals surface area (Å²) in [6.07, 6.45) is 5.54. The van der Waals surface area contributed by atoms with E-state index in [0.29, 0.717) is 11.4 Å². The minimum atomic E-state index is -0.867. The molecule has 1 fully saturated rings. The van der Waals surface area contributed by atoms with E-state index in [2.05, 4.69) is 5.32 Å². The van der Waals surface area contributed by atoms with E-state index in [1.54, 1.807) is 6.07 Å². The lowest BCUT2D eigenvalue weighted by molar-refractivity contribution is 0.0702. The van der Waals surface area contributed by atoms with Crippen molar-refractivity contribution >= 4 is 17.3 Å². The smallest absolute Gasteiger partial charge is 0.345 e. The highest BCUT2D eigenvalue weighted by atomic mass is 32.1. The summed E-state index contributed by atoms with van der Waals surface area (Å²) in [6.45, 7) is 2.73. The van der Waals surface area contributed by atoms with E-state index in [1.165, 1.54) is 17.8 Å². The number of hydrogen-bond donors (Lipinski definition) is 3. The number of aromatic carboxylic acids is 1. The van der Waals surface area contributed by atoms with Crippen LogP contribution in [0.5, 0.6) is 0 Å². The van der Waals surface area contributed by atoms with Crippen molar-refractivity contribution in [1.82, 2.24) is 5.32 Å². The molecular weight excluding hydrogens is 262 g/mol. The molecule has 0 atom stereocenters. The first-order chi connectivity index (χ1) is 9.06. The number of carboxylic acid groups (broad SMARTS) is 1. The summed E-state index contributed by atoms with van der Waals surface area (Å²) >= 11 is 1.31. The maximum atomic E-state index is 10.9. The first-order valence-corrected chi connectivity index (χ1v) is 7.56. The number of nitrogens with one attached hydrogen (secondary N) is 1. The molecule has 5 heteroatoms. The largest absolute Gasteiger partial charge is 0.477 e. The molecule has 1 aliphatic rings. The van der Waals surface area contributed by atoms with Crippen molar-refractivity contribution in [2.24, 2.45) is 0 Å². The topological polar surface area (TPSA) is 69.6 Å². The molecule has 1 aliphatic carbocycles. The van der Waals surface area contributed by atoms with Crippen molar-refractivity contribution in [2.45, 2.75) is 51.1 Å². The number of carbonyl (C=O) groups is 1. The summed E-state index contributed by atoms with van der Waals surface area (Å²) in [7, 11) is 0. The molecule has 19 heavy (non-hydrogen) atoms. The average molecular weight is 283 g/mol. The second kappa shape index (κ2) is 6.03. The fourth-order valence-electron chi connectivity index (χ4n) is 2.70. The Labute approximate surface area is 117 Å². The number of rotatable bonds is 5. The Morgan fingerprint density at radius 3 is 2.63 bits per heavy atom. The van der Waals surface area contributed by atoms with Gasteiger partial charge in [0.15, 0.2) is 0 Å². The minimum Gasteiger partial charge on any atom is -0.477 e. The number of aliphatic hydroxyl groups is 1. The molecule has 2 rings (SSSR count). The lowest BCUT2D eigenvalue weighted by Crippen LogP contribution is -2.49. The van der Waals surface area contributed by atoms with Gasteiger partial charge in [0.1, 0.15) is 4.88 Å². The first-order valence-electron chi connectivity index (χ1n) is 6.75. The second-order valence-corrected chi connectivity index (χ2v) is 6.61. The van der Waals surface area contributed by atoms with Gasteiger partial charge < -0.3 is 15.5 Å². The average Bonchev–Trinajstić information content (AvgIpc) is 2.79. The fraction of sp³-hybridized carbons (Fsp3) is 0.643. The predicted octanol–water partition coefficient (Wildman–Crippen LogP) is 2.54. The van der Waals surface area contributed by atoms with Gasteiger partial charge in [-0.25, -0.2) is 4.79 Å². The van der Waals surface area contributed by atoms with Crippen molar-refractivity contribution in [3.05, 3.63) is 21.4 Å². The number of thiophene rings is 1. The Bertz CT molecular complexity index is 450. The van der Waals surface area contributed by atoms with Gasteiger partial charge in [0, 0.05) is 17.0 Å². The van der Waals surface area contributed by atoms with Crippen LogP contribution in [0.3, 0.4) is 0 Å². The predicted molar refractivity (Wildman–Crippen MR) is 75.8 cm³/mol. The van der Waals surface area contributed by atoms with Gasteiger partial charge in [-0.05, 0) is 31.4 Å². The molecule has 1 aromatic heterocycles. The molecule has 1 aromatic rings. The van der Waals surface area contributed by atoms with Crippen LogP contribution in [0.15, 0.2) is 6.07 Å². The molecule has 0 aliphatic heterocycles. The molecule has 0 aromatic carbocycles. The van der Waals surface area contributed by atoms with Crippen molar-refractivity contribution in [3.8, 4) is 0 Å². The van der Waals surface area contributed by atoms with E-state index in [-0.39, 0.29) is 12.1 Å². The van der Waals surface area contributed by atoms with Gasteiger partial charge in [-0.15, -0.1) is 11.3 Å². The van der Waals surface area contributed by atoms with E-state index in [1.807, 2.05) is 6.92 Å². The quantitative estimate of drug-likeness (QED) is 0.776. The third-order valence-corrected chi connectivity index (χ3v) is 5.08. The molecule has 0 saturated heterocycles. The standard InChI is InChI=1S/C14H21NO3S/c1-10-11(7-12(19-10)13(17)18)8-15-14(9-16)5-3-2-4-6-14/h7,15-16H,2-6,8-9H2,1H3,(H,17,18). The minimum absolute atomic E-state index is 0.155. The van der Waals surface area contributed by atoms with Gasteiger partial charge >= 0.3 is 5.97 Å². The monoisotopic (exact) mass is 283 g/mol. The highest BCUT2D eigenvalue weighted by molar-refractivity contribution is 7.14. The van der Waals surface area contributed by atoms with Crippen LogP contribution in [0, 0.1) is 6.92 Å². The van der Waals surface area contributed by atoms with Crippen LogP contribution in [-0.2, 0) is 6.54 Å². The van der Waals surface area contributed by atoms with E-state index < -0.39 is 5.97 Å². The number of aryl methyl sites for hydroxylation is 1. The maximum absolute atomic E-state index is 10.9. The summed E-state index contributed by atoms with van der Waals surface area (Å²) in [5.74, 6) is -0.867. The van der Waals surface area contributed by atoms with Gasteiger partial charge in [-0.3, -0.25) is 0 Å². The first kappa shape index (κ1) is 14.5. The van der Waals surface area contributed by atoms with Crippen LogP contribution in [-0.4, -0.2) is 28.3 Å². The zero-order valence-corrected chi connectivity index (χ0v) is 12.1. The summed E-state index contributed by atoms with van der Waals surface area (Å²) in [5, 5.41) is 22.1. The SMILES string of the molecule is Cc1sc(C(=O)O)cc1CNC1(CO)CCCCC1. The van der Waals surface area contributed by atoms with E-state index >= 15 is 0 Å². The van der Waals surface area contributed by atoms with Crippen molar-refractivity contribution in [2.75, 3.05) is 6.61 Å². The van der Waals surface area contributed by atoms with Crippen LogP contribution in [0.25, 0.3) is 0 Å². The summed E-state index contributed by atoms with van der Waals surface area (Å²) in [4.78, 5) is 12.4. The van der Waals surface area contributed by atoms with Crippen LogP contribution in [0.2, 0.25) is 0 Å². The molecule has 0 amide bonds. The molecule has 0 spiro atoms. The lowest BCUT2D eigenvalue weighted by Gasteiger charge is -2.36. The van der Waals surface area contributed by atoms with Crippen LogP contribution in [0.4, 0.5) is 0 Å². The van der Waals surface area contributed by atoms with E-state index in [0.717, 1.165) is 36.1 Å². The second-order valence-electron chi connectivity index (χ2n) is 5.35. The Morgan fingerprint density at radius 2 is 2.11 bits per heavy atom. The molecule has 106 valence electrons. The lowest BCUT2D eigenvalue weighted by atomic mass is 9.82.